The molecule has 0 bridgehead atoms. The van der Waals surface area contributed by atoms with Gasteiger partial charge in [-0.05, 0) is 68.0 Å². The molecule has 30 heavy (non-hydrogen) atoms. The monoisotopic (exact) mass is 430 g/mol. The number of hydrogen-bond acceptors (Lipinski definition) is 4. The van der Waals surface area contributed by atoms with E-state index in [4.69, 9.17) is 4.74 Å². The van der Waals surface area contributed by atoms with Crippen LogP contribution >= 0.6 is 0 Å². The molecule has 6 nitrogen and oxygen atoms in total. The summed E-state index contributed by atoms with van der Waals surface area (Å²) in [4.78, 5) is 12.3. The summed E-state index contributed by atoms with van der Waals surface area (Å²) in [5.74, 6) is 0.532. The third-order valence-electron chi connectivity index (χ3n) is 5.56. The first-order valence-corrected chi connectivity index (χ1v) is 11.9. The molecule has 1 amide bonds. The number of sulfonamides is 1. The maximum Gasteiger partial charge on any atom is 0.257 e. The molecule has 7 heteroatoms. The Morgan fingerprint density at radius 3 is 2.47 bits per heavy atom. The van der Waals surface area contributed by atoms with E-state index < -0.39 is 10.0 Å². The second-order valence-electron chi connectivity index (χ2n) is 7.83. The van der Waals surface area contributed by atoms with Gasteiger partial charge in [0.25, 0.3) is 5.91 Å². The number of aryl methyl sites for hydroxylation is 1. The zero-order valence-corrected chi connectivity index (χ0v) is 18.4. The Bertz CT molecular complexity index is 965. The van der Waals surface area contributed by atoms with Crippen LogP contribution in [0.15, 0.2) is 47.4 Å². The zero-order valence-electron chi connectivity index (χ0n) is 17.6. The summed E-state index contributed by atoms with van der Waals surface area (Å²) in [6.45, 7) is 4.40. The zero-order chi connectivity index (χ0) is 21.6. The third kappa shape index (κ3) is 6.06. The van der Waals surface area contributed by atoms with Crippen LogP contribution in [0.1, 0.15) is 42.4 Å². The van der Waals surface area contributed by atoms with Crippen LogP contribution in [0.2, 0.25) is 0 Å². The minimum atomic E-state index is -3.47. The Balaban J connectivity index is 1.43. The molecule has 1 aliphatic carbocycles. The van der Waals surface area contributed by atoms with Crippen molar-refractivity contribution < 1.29 is 17.9 Å². The van der Waals surface area contributed by atoms with Crippen LogP contribution in [-0.4, -0.2) is 33.5 Å². The smallest absolute Gasteiger partial charge is 0.257 e. The number of carbonyl (C=O) groups excluding carboxylic acids is 1. The normalized spacial score (nSPS) is 14.6. The number of hydrogen-bond donors (Lipinski definition) is 2. The van der Waals surface area contributed by atoms with Crippen LogP contribution in [0.3, 0.4) is 0 Å². The predicted molar refractivity (Wildman–Crippen MR) is 117 cm³/mol. The molecular formula is C23H30N2O4S. The van der Waals surface area contributed by atoms with Crippen LogP contribution in [0.25, 0.3) is 0 Å². The molecule has 1 saturated carbocycles. The van der Waals surface area contributed by atoms with E-state index >= 15 is 0 Å². The highest BCUT2D eigenvalue weighted by atomic mass is 32.2. The van der Waals surface area contributed by atoms with Gasteiger partial charge in [0.1, 0.15) is 5.75 Å². The number of rotatable bonds is 9. The van der Waals surface area contributed by atoms with Crippen LogP contribution in [0, 0.1) is 13.8 Å². The van der Waals surface area contributed by atoms with Crippen molar-refractivity contribution in [1.29, 1.82) is 0 Å². The van der Waals surface area contributed by atoms with Crippen LogP contribution in [0.5, 0.6) is 5.75 Å². The molecular weight excluding hydrogens is 400 g/mol. The molecule has 162 valence electrons. The molecule has 0 unspecified atom stereocenters. The summed E-state index contributed by atoms with van der Waals surface area (Å²) >= 11 is 0. The third-order valence-corrected chi connectivity index (χ3v) is 7.10. The van der Waals surface area contributed by atoms with E-state index in [-0.39, 0.29) is 23.5 Å². The Labute approximate surface area is 179 Å². The average molecular weight is 431 g/mol. The number of amides is 1. The number of nitrogens with one attached hydrogen (secondary N) is 2. The van der Waals surface area contributed by atoms with E-state index in [1.165, 1.54) is 0 Å². The molecule has 0 heterocycles. The fraction of sp³-hybridized carbons (Fsp3) is 0.435. The van der Waals surface area contributed by atoms with Gasteiger partial charge in [-0.1, -0.05) is 37.1 Å². The average Bonchev–Trinajstić information content (AvgIpc) is 3.22. The molecule has 0 aromatic heterocycles. The maximum absolute atomic E-state index is 12.5. The summed E-state index contributed by atoms with van der Waals surface area (Å²) in [5, 5.41) is 2.83. The van der Waals surface area contributed by atoms with Crippen molar-refractivity contribution in [3.05, 3.63) is 59.2 Å². The number of ether oxygens (including phenoxy) is 1. The SMILES string of the molecule is Cc1cccc(OCC(=O)NCCc2ccc(S(=O)(=O)NC3CCCC3)cc2)c1C. The van der Waals surface area contributed by atoms with Gasteiger partial charge < -0.3 is 10.1 Å². The first-order chi connectivity index (χ1) is 14.3. The van der Waals surface area contributed by atoms with Crippen molar-refractivity contribution in [3.63, 3.8) is 0 Å². The first kappa shape index (κ1) is 22.3. The fourth-order valence-corrected chi connectivity index (χ4v) is 4.89. The van der Waals surface area contributed by atoms with E-state index in [0.717, 1.165) is 42.4 Å². The molecule has 1 aliphatic rings. The lowest BCUT2D eigenvalue weighted by molar-refractivity contribution is -0.123. The Morgan fingerprint density at radius 2 is 1.77 bits per heavy atom. The van der Waals surface area contributed by atoms with Gasteiger partial charge in [-0.3, -0.25) is 4.79 Å². The second-order valence-corrected chi connectivity index (χ2v) is 9.55. The van der Waals surface area contributed by atoms with Crippen molar-refractivity contribution >= 4 is 15.9 Å². The molecule has 0 spiro atoms. The van der Waals surface area contributed by atoms with Gasteiger partial charge >= 0.3 is 0 Å². The van der Waals surface area contributed by atoms with Crippen molar-refractivity contribution in [1.82, 2.24) is 10.0 Å². The standard InChI is InChI=1S/C23H30N2O4S/c1-17-6-5-9-22(18(17)2)29-16-23(26)24-15-14-19-10-12-21(13-11-19)30(27,28)25-20-7-3-4-8-20/h5-6,9-13,20,25H,3-4,7-8,14-16H2,1-2H3,(H,24,26). The van der Waals surface area contributed by atoms with Gasteiger partial charge in [0.2, 0.25) is 10.0 Å². The predicted octanol–water partition coefficient (Wildman–Crippen LogP) is 3.26. The number of benzene rings is 2. The first-order valence-electron chi connectivity index (χ1n) is 10.4. The van der Waals surface area contributed by atoms with Gasteiger partial charge in [-0.2, -0.15) is 0 Å². The minimum absolute atomic E-state index is 0.0334. The summed E-state index contributed by atoms with van der Waals surface area (Å²) in [5.41, 5.74) is 3.12. The van der Waals surface area contributed by atoms with Crippen LogP contribution in [-0.2, 0) is 21.2 Å². The van der Waals surface area contributed by atoms with E-state index in [2.05, 4.69) is 10.0 Å². The van der Waals surface area contributed by atoms with Gasteiger partial charge in [-0.25, -0.2) is 13.1 Å². The summed E-state index contributed by atoms with van der Waals surface area (Å²) in [6, 6.07) is 12.6. The van der Waals surface area contributed by atoms with Crippen molar-refractivity contribution in [2.24, 2.45) is 0 Å². The number of carbonyl (C=O) groups is 1. The largest absolute Gasteiger partial charge is 0.483 e. The van der Waals surface area contributed by atoms with Gasteiger partial charge in [0.05, 0.1) is 4.90 Å². The van der Waals surface area contributed by atoms with Gasteiger partial charge in [0.15, 0.2) is 6.61 Å². The molecule has 0 radical (unpaired) electrons. The lowest BCUT2D eigenvalue weighted by atomic mass is 10.1. The molecule has 0 atom stereocenters. The van der Waals surface area contributed by atoms with Gasteiger partial charge in [-0.15, -0.1) is 0 Å². The minimum Gasteiger partial charge on any atom is -0.483 e. The molecule has 2 N–H and O–H groups in total. The van der Waals surface area contributed by atoms with Crippen molar-refractivity contribution in [3.8, 4) is 5.75 Å². The molecule has 0 aliphatic heterocycles. The van der Waals surface area contributed by atoms with Crippen molar-refractivity contribution in [2.45, 2.75) is 56.9 Å². The van der Waals surface area contributed by atoms with E-state index in [0.29, 0.717) is 18.7 Å². The fourth-order valence-electron chi connectivity index (χ4n) is 3.59. The van der Waals surface area contributed by atoms with Crippen LogP contribution < -0.4 is 14.8 Å². The van der Waals surface area contributed by atoms with E-state index in [9.17, 15) is 13.2 Å². The Hall–Kier alpha value is -2.38. The highest BCUT2D eigenvalue weighted by Gasteiger charge is 2.22. The topological polar surface area (TPSA) is 84.5 Å². The lowest BCUT2D eigenvalue weighted by Gasteiger charge is -2.13. The Morgan fingerprint density at radius 1 is 1.07 bits per heavy atom. The van der Waals surface area contributed by atoms with Crippen molar-refractivity contribution in [2.75, 3.05) is 13.2 Å². The van der Waals surface area contributed by atoms with E-state index in [1.54, 1.807) is 24.3 Å². The Kier molecular flexibility index (Phi) is 7.50. The second kappa shape index (κ2) is 10.1. The summed E-state index contributed by atoms with van der Waals surface area (Å²) in [7, 11) is -3.47. The van der Waals surface area contributed by atoms with E-state index in [1.807, 2.05) is 32.0 Å². The quantitative estimate of drug-likeness (QED) is 0.640. The molecule has 3 rings (SSSR count). The molecule has 1 fully saturated rings. The summed E-state index contributed by atoms with van der Waals surface area (Å²) in [6.07, 6.45) is 4.58. The molecule has 2 aromatic rings. The molecule has 0 saturated heterocycles. The maximum atomic E-state index is 12.5. The van der Waals surface area contributed by atoms with Gasteiger partial charge in [0, 0.05) is 12.6 Å². The van der Waals surface area contributed by atoms with Crippen LogP contribution in [0.4, 0.5) is 0 Å². The lowest BCUT2D eigenvalue weighted by Crippen LogP contribution is -2.32. The summed E-state index contributed by atoms with van der Waals surface area (Å²) < 4.78 is 33.3. The molecule has 2 aromatic carbocycles. The highest BCUT2D eigenvalue weighted by molar-refractivity contribution is 7.89. The highest BCUT2D eigenvalue weighted by Crippen LogP contribution is 2.21.